The van der Waals surface area contributed by atoms with Gasteiger partial charge in [-0.15, -0.1) is 21.5 Å². The van der Waals surface area contributed by atoms with Gasteiger partial charge in [-0.1, -0.05) is 30.2 Å². The number of fused-ring (bicyclic) bond motifs is 3. The number of rotatable bonds is 7. The number of piperidine rings is 1. The van der Waals surface area contributed by atoms with Gasteiger partial charge in [-0.3, -0.25) is 14.4 Å². The first-order valence-electron chi connectivity index (χ1n) is 12.9. The lowest BCUT2D eigenvalue weighted by atomic mass is 9.92. The van der Waals surface area contributed by atoms with Gasteiger partial charge in [0.25, 0.3) is 0 Å². The highest BCUT2D eigenvalue weighted by molar-refractivity contribution is 7.15. The number of aliphatic imine (C=N–C) groups is 1. The molecule has 1 fully saturated rings. The standard InChI is InChI=1S/C28H34ClN5OS/c1-18-19(2)36-26-24(18)25(21-10-12-22(29)13-11-21)30-28(4,27-32-31-20(3)34(26)27)17-23(35)9-8-16-33-14-6-5-7-15-33/h10-13H,5-9,14-17H2,1-4H3/t28-/m0/s1. The van der Waals surface area contributed by atoms with Gasteiger partial charge in [0.15, 0.2) is 5.82 Å². The van der Waals surface area contributed by atoms with Gasteiger partial charge in [0.05, 0.1) is 5.71 Å². The molecular weight excluding hydrogens is 490 g/mol. The average molecular weight is 524 g/mol. The third-order valence-electron chi connectivity index (χ3n) is 7.51. The lowest BCUT2D eigenvalue weighted by Gasteiger charge is -2.26. The summed E-state index contributed by atoms with van der Waals surface area (Å²) in [7, 11) is 0. The quantitative estimate of drug-likeness (QED) is 0.370. The minimum absolute atomic E-state index is 0.221. The number of likely N-dealkylation sites (tertiary alicyclic amines) is 1. The second kappa shape index (κ2) is 10.2. The molecule has 6 nitrogen and oxygen atoms in total. The van der Waals surface area contributed by atoms with Crippen molar-refractivity contribution in [2.75, 3.05) is 19.6 Å². The molecule has 5 rings (SSSR count). The molecule has 190 valence electrons. The van der Waals surface area contributed by atoms with Gasteiger partial charge in [0.1, 0.15) is 22.1 Å². The molecule has 8 heteroatoms. The highest BCUT2D eigenvalue weighted by atomic mass is 35.5. The molecule has 2 aliphatic heterocycles. The van der Waals surface area contributed by atoms with Crippen molar-refractivity contribution in [3.63, 3.8) is 0 Å². The maximum Gasteiger partial charge on any atom is 0.166 e. The van der Waals surface area contributed by atoms with Gasteiger partial charge < -0.3 is 4.90 Å². The summed E-state index contributed by atoms with van der Waals surface area (Å²) in [6.07, 6.45) is 5.62. The predicted molar refractivity (Wildman–Crippen MR) is 147 cm³/mol. The third-order valence-corrected chi connectivity index (χ3v) is 8.95. The first kappa shape index (κ1) is 25.3. The Bertz CT molecular complexity index is 1300. The Balaban J connectivity index is 1.52. The second-order valence-corrected chi connectivity index (χ2v) is 12.0. The van der Waals surface area contributed by atoms with Crippen LogP contribution >= 0.6 is 22.9 Å². The molecule has 3 aromatic rings. The Morgan fingerprint density at radius 3 is 2.53 bits per heavy atom. The number of aromatic nitrogens is 3. The van der Waals surface area contributed by atoms with Crippen molar-refractivity contribution in [3.8, 4) is 5.00 Å². The summed E-state index contributed by atoms with van der Waals surface area (Å²) in [5.41, 5.74) is 3.33. The van der Waals surface area contributed by atoms with Crippen molar-refractivity contribution in [1.82, 2.24) is 19.7 Å². The zero-order chi connectivity index (χ0) is 25.4. The van der Waals surface area contributed by atoms with E-state index in [9.17, 15) is 4.79 Å². The van der Waals surface area contributed by atoms with Crippen LogP contribution in [0.3, 0.4) is 0 Å². The Hall–Kier alpha value is -2.35. The minimum atomic E-state index is -0.822. The number of hydrogen-bond acceptors (Lipinski definition) is 6. The lowest BCUT2D eigenvalue weighted by Crippen LogP contribution is -2.31. The van der Waals surface area contributed by atoms with Crippen LogP contribution in [0.25, 0.3) is 5.00 Å². The fraction of sp³-hybridized carbons (Fsp3) is 0.500. The molecule has 0 aliphatic carbocycles. The number of ketones is 1. The van der Waals surface area contributed by atoms with Gasteiger partial charge in [-0.25, -0.2) is 0 Å². The number of carbonyl (C=O) groups is 1. The summed E-state index contributed by atoms with van der Waals surface area (Å²) in [5.74, 6) is 1.76. The van der Waals surface area contributed by atoms with Crippen LogP contribution in [-0.4, -0.2) is 50.8 Å². The van der Waals surface area contributed by atoms with E-state index in [1.807, 2.05) is 38.1 Å². The SMILES string of the molecule is Cc1sc2c(c1C)C(c1ccc(Cl)cc1)=N[C@@](C)(CC(=O)CCCN1CCCCC1)c1nnc(C)n1-2. The smallest absolute Gasteiger partial charge is 0.166 e. The molecule has 1 saturated heterocycles. The monoisotopic (exact) mass is 523 g/mol. The first-order valence-corrected chi connectivity index (χ1v) is 14.1. The number of thiophene rings is 1. The van der Waals surface area contributed by atoms with Crippen molar-refractivity contribution in [1.29, 1.82) is 0 Å². The average Bonchev–Trinajstić information content (AvgIpc) is 3.35. The largest absolute Gasteiger partial charge is 0.303 e. The van der Waals surface area contributed by atoms with Crippen LogP contribution in [0.4, 0.5) is 0 Å². The summed E-state index contributed by atoms with van der Waals surface area (Å²) >= 11 is 7.94. The van der Waals surface area contributed by atoms with E-state index in [1.54, 1.807) is 11.3 Å². The van der Waals surface area contributed by atoms with Crippen LogP contribution in [0.15, 0.2) is 29.3 Å². The van der Waals surface area contributed by atoms with E-state index in [0.29, 0.717) is 17.9 Å². The zero-order valence-electron chi connectivity index (χ0n) is 21.6. The number of aryl methyl sites for hydroxylation is 2. The van der Waals surface area contributed by atoms with Crippen molar-refractivity contribution in [2.24, 2.45) is 4.99 Å². The van der Waals surface area contributed by atoms with E-state index in [0.717, 1.165) is 59.5 Å². The highest BCUT2D eigenvalue weighted by Crippen LogP contribution is 2.42. The van der Waals surface area contributed by atoms with E-state index in [2.05, 4.69) is 33.5 Å². The Kier molecular flexibility index (Phi) is 7.16. The first-order chi connectivity index (χ1) is 17.3. The molecule has 0 saturated carbocycles. The zero-order valence-corrected chi connectivity index (χ0v) is 23.2. The Labute approximate surface area is 222 Å². The number of nitrogens with zero attached hydrogens (tertiary/aromatic N) is 5. The summed E-state index contributed by atoms with van der Waals surface area (Å²) in [6.45, 7) is 11.6. The molecule has 0 amide bonds. The summed E-state index contributed by atoms with van der Waals surface area (Å²) in [6, 6.07) is 7.81. The minimum Gasteiger partial charge on any atom is -0.303 e. The molecule has 0 N–H and O–H groups in total. The van der Waals surface area contributed by atoms with Gasteiger partial charge in [0, 0.05) is 33.9 Å². The fourth-order valence-corrected chi connectivity index (χ4v) is 6.78. The van der Waals surface area contributed by atoms with E-state index < -0.39 is 5.54 Å². The summed E-state index contributed by atoms with van der Waals surface area (Å²) < 4.78 is 2.12. The fourth-order valence-electron chi connectivity index (χ4n) is 5.44. The molecule has 1 aromatic carbocycles. The van der Waals surface area contributed by atoms with Crippen LogP contribution in [0, 0.1) is 20.8 Å². The van der Waals surface area contributed by atoms with Crippen LogP contribution in [-0.2, 0) is 10.3 Å². The van der Waals surface area contributed by atoms with Gasteiger partial charge in [0.2, 0.25) is 0 Å². The Morgan fingerprint density at radius 2 is 1.81 bits per heavy atom. The van der Waals surface area contributed by atoms with Crippen LogP contribution in [0.5, 0.6) is 0 Å². The predicted octanol–water partition coefficient (Wildman–Crippen LogP) is 6.20. The number of hydrogen-bond donors (Lipinski definition) is 0. The topological polar surface area (TPSA) is 63.4 Å². The molecule has 36 heavy (non-hydrogen) atoms. The van der Waals surface area contributed by atoms with E-state index in [-0.39, 0.29) is 5.78 Å². The number of halogens is 1. The maximum absolute atomic E-state index is 13.3. The third kappa shape index (κ3) is 4.81. The molecule has 0 bridgehead atoms. The molecule has 1 atom stereocenters. The van der Waals surface area contributed by atoms with Crippen LogP contribution in [0.2, 0.25) is 5.02 Å². The van der Waals surface area contributed by atoms with E-state index >= 15 is 0 Å². The van der Waals surface area contributed by atoms with Gasteiger partial charge >= 0.3 is 0 Å². The molecule has 2 aliphatic rings. The molecule has 0 radical (unpaired) electrons. The molecule has 0 unspecified atom stereocenters. The molecule has 4 heterocycles. The van der Waals surface area contributed by atoms with Gasteiger partial charge in [-0.05, 0) is 84.3 Å². The van der Waals surface area contributed by atoms with Crippen molar-refractivity contribution >= 4 is 34.4 Å². The lowest BCUT2D eigenvalue weighted by molar-refractivity contribution is -0.120. The number of benzene rings is 1. The second-order valence-electron chi connectivity index (χ2n) is 10.3. The maximum atomic E-state index is 13.3. The number of Topliss-reactive ketones (excluding diaryl/α,β-unsaturated/α-hetero) is 1. The van der Waals surface area contributed by atoms with Crippen LogP contribution in [0.1, 0.15) is 78.7 Å². The van der Waals surface area contributed by atoms with Gasteiger partial charge in [-0.2, -0.15) is 0 Å². The summed E-state index contributed by atoms with van der Waals surface area (Å²) in [4.78, 5) is 22.4. The molecule has 2 aromatic heterocycles. The van der Waals surface area contributed by atoms with Crippen molar-refractivity contribution in [3.05, 3.63) is 62.5 Å². The normalized spacial score (nSPS) is 20.0. The number of carbonyl (C=O) groups excluding carboxylic acids is 1. The molecular formula is C28H34ClN5OS. The van der Waals surface area contributed by atoms with Crippen molar-refractivity contribution in [2.45, 2.75) is 71.8 Å². The van der Waals surface area contributed by atoms with Crippen molar-refractivity contribution < 1.29 is 4.79 Å². The van der Waals surface area contributed by atoms with E-state index in [4.69, 9.17) is 16.6 Å². The Morgan fingerprint density at radius 1 is 1.08 bits per heavy atom. The van der Waals surface area contributed by atoms with Crippen LogP contribution < -0.4 is 0 Å². The molecule has 0 spiro atoms. The summed E-state index contributed by atoms with van der Waals surface area (Å²) in [5, 5.41) is 10.8. The van der Waals surface area contributed by atoms with E-state index in [1.165, 1.54) is 29.7 Å². The highest BCUT2D eigenvalue weighted by Gasteiger charge is 2.40.